The molecule has 0 saturated heterocycles. The summed E-state index contributed by atoms with van der Waals surface area (Å²) in [7, 11) is 1.60. The molecule has 0 amide bonds. The van der Waals surface area contributed by atoms with E-state index in [4.69, 9.17) is 10.00 Å². The normalized spacial score (nSPS) is 14.4. The van der Waals surface area contributed by atoms with Crippen molar-refractivity contribution in [2.75, 3.05) is 13.7 Å². The smallest absolute Gasteiger partial charge is 0.136 e. The van der Waals surface area contributed by atoms with E-state index in [1.807, 2.05) is 12.1 Å². The summed E-state index contributed by atoms with van der Waals surface area (Å²) in [5.41, 5.74) is 1.84. The van der Waals surface area contributed by atoms with Gasteiger partial charge < -0.3 is 4.74 Å². The van der Waals surface area contributed by atoms with Gasteiger partial charge in [0.15, 0.2) is 0 Å². The Bertz CT molecular complexity index is 460. The van der Waals surface area contributed by atoms with E-state index in [-0.39, 0.29) is 0 Å². The summed E-state index contributed by atoms with van der Waals surface area (Å²) in [5, 5.41) is 9.13. The highest BCUT2D eigenvalue weighted by Gasteiger charge is 2.28. The summed E-state index contributed by atoms with van der Waals surface area (Å²) >= 11 is 0. The van der Waals surface area contributed by atoms with Gasteiger partial charge in [0.25, 0.3) is 0 Å². The third kappa shape index (κ3) is 3.71. The van der Waals surface area contributed by atoms with Crippen molar-refractivity contribution in [3.63, 3.8) is 0 Å². The molecule has 1 saturated carbocycles. The van der Waals surface area contributed by atoms with Gasteiger partial charge in [0.1, 0.15) is 11.8 Å². The molecule has 1 fully saturated rings. The van der Waals surface area contributed by atoms with Crippen molar-refractivity contribution >= 4 is 0 Å². The quantitative estimate of drug-likeness (QED) is 0.752. The number of nitrogens with zero attached hydrogens (tertiary/aromatic N) is 2. The topological polar surface area (TPSA) is 36.3 Å². The van der Waals surface area contributed by atoms with Gasteiger partial charge in [0.2, 0.25) is 0 Å². The van der Waals surface area contributed by atoms with Crippen molar-refractivity contribution in [2.24, 2.45) is 0 Å². The summed E-state index contributed by atoms with van der Waals surface area (Å²) in [4.78, 5) is 2.55. The van der Waals surface area contributed by atoms with Crippen molar-refractivity contribution in [1.29, 1.82) is 5.26 Å². The lowest BCUT2D eigenvalue weighted by Gasteiger charge is -2.22. The molecule has 0 aliphatic heterocycles. The highest BCUT2D eigenvalue weighted by atomic mass is 16.5. The molecule has 1 aliphatic rings. The average Bonchev–Trinajstić information content (AvgIpc) is 3.27. The van der Waals surface area contributed by atoms with Crippen molar-refractivity contribution in [1.82, 2.24) is 4.90 Å². The van der Waals surface area contributed by atoms with Gasteiger partial charge in [-0.15, -0.1) is 0 Å². The molecule has 0 N–H and O–H groups in total. The van der Waals surface area contributed by atoms with Crippen LogP contribution < -0.4 is 4.74 Å². The molecule has 1 aliphatic carbocycles. The highest BCUT2D eigenvalue weighted by Crippen LogP contribution is 2.29. The summed E-state index contributed by atoms with van der Waals surface area (Å²) in [5.74, 6) is 0.665. The Hall–Kier alpha value is -1.53. The van der Waals surface area contributed by atoms with Gasteiger partial charge in [0.05, 0.1) is 12.7 Å². The standard InChI is InChI=1S/C16H22N2O/c1-3-4-9-18(15-6-7-15)12-13-5-8-16(19-2)14(10-13)11-17/h5,8,10,15H,3-4,6-7,9,12H2,1-2H3. The van der Waals surface area contributed by atoms with Gasteiger partial charge in [-0.3, -0.25) is 4.90 Å². The zero-order valence-electron chi connectivity index (χ0n) is 11.9. The fraction of sp³-hybridized carbons (Fsp3) is 0.562. The molecule has 102 valence electrons. The number of unbranched alkanes of at least 4 members (excludes halogenated alkanes) is 1. The number of hydrogen-bond acceptors (Lipinski definition) is 3. The minimum absolute atomic E-state index is 0.631. The largest absolute Gasteiger partial charge is 0.495 e. The molecule has 3 nitrogen and oxygen atoms in total. The second-order valence-electron chi connectivity index (χ2n) is 5.20. The first-order chi connectivity index (χ1) is 9.28. The third-order valence-corrected chi connectivity index (χ3v) is 3.63. The Morgan fingerprint density at radius 1 is 1.42 bits per heavy atom. The number of nitriles is 1. The second-order valence-corrected chi connectivity index (χ2v) is 5.20. The van der Waals surface area contributed by atoms with E-state index in [2.05, 4.69) is 24.0 Å². The summed E-state index contributed by atoms with van der Waals surface area (Å²) in [6.07, 6.45) is 5.13. The molecule has 0 spiro atoms. The Labute approximate surface area is 115 Å². The number of rotatable bonds is 7. The molecule has 0 atom stereocenters. The number of methoxy groups -OCH3 is 1. The number of ether oxygens (including phenoxy) is 1. The maximum atomic E-state index is 9.13. The van der Waals surface area contributed by atoms with E-state index in [0.717, 1.165) is 19.1 Å². The molecule has 0 bridgehead atoms. The van der Waals surface area contributed by atoms with Crippen LogP contribution in [0.4, 0.5) is 0 Å². The van der Waals surface area contributed by atoms with Crippen molar-refractivity contribution < 1.29 is 4.74 Å². The van der Waals surface area contributed by atoms with Crippen LogP contribution in [0.2, 0.25) is 0 Å². The van der Waals surface area contributed by atoms with E-state index in [0.29, 0.717) is 11.3 Å². The molecule has 3 heteroatoms. The molecular formula is C16H22N2O. The molecule has 0 aromatic heterocycles. The van der Waals surface area contributed by atoms with Crippen molar-refractivity contribution in [2.45, 2.75) is 45.2 Å². The van der Waals surface area contributed by atoms with Crippen LogP contribution in [0.1, 0.15) is 43.7 Å². The zero-order valence-corrected chi connectivity index (χ0v) is 11.9. The number of hydrogen-bond donors (Lipinski definition) is 0. The molecule has 0 unspecified atom stereocenters. The van der Waals surface area contributed by atoms with Crippen LogP contribution in [0.15, 0.2) is 18.2 Å². The van der Waals surface area contributed by atoms with Crippen LogP contribution >= 0.6 is 0 Å². The molecule has 1 aromatic rings. The number of benzene rings is 1. The first-order valence-electron chi connectivity index (χ1n) is 7.09. The summed E-state index contributed by atoms with van der Waals surface area (Å²) in [6.45, 7) is 4.34. The van der Waals surface area contributed by atoms with E-state index >= 15 is 0 Å². The molecule has 0 heterocycles. The van der Waals surface area contributed by atoms with E-state index < -0.39 is 0 Å². The van der Waals surface area contributed by atoms with Gasteiger partial charge in [-0.1, -0.05) is 19.4 Å². The fourth-order valence-electron chi connectivity index (χ4n) is 2.37. The molecule has 0 radical (unpaired) electrons. The van der Waals surface area contributed by atoms with Gasteiger partial charge in [-0.25, -0.2) is 0 Å². The van der Waals surface area contributed by atoms with Crippen LogP contribution in [0.25, 0.3) is 0 Å². The van der Waals surface area contributed by atoms with Crippen LogP contribution in [0, 0.1) is 11.3 Å². The van der Waals surface area contributed by atoms with E-state index in [1.54, 1.807) is 7.11 Å². The minimum atomic E-state index is 0.631. The average molecular weight is 258 g/mol. The van der Waals surface area contributed by atoms with E-state index in [1.165, 1.54) is 31.2 Å². The molecule has 2 rings (SSSR count). The van der Waals surface area contributed by atoms with E-state index in [9.17, 15) is 0 Å². The maximum Gasteiger partial charge on any atom is 0.136 e. The Morgan fingerprint density at radius 3 is 2.79 bits per heavy atom. The maximum absolute atomic E-state index is 9.13. The lowest BCUT2D eigenvalue weighted by molar-refractivity contribution is 0.250. The second kappa shape index (κ2) is 6.58. The predicted octanol–water partition coefficient (Wildman–Crippen LogP) is 3.33. The van der Waals surface area contributed by atoms with Crippen LogP contribution in [0.5, 0.6) is 5.75 Å². The first kappa shape index (κ1) is 13.9. The third-order valence-electron chi connectivity index (χ3n) is 3.63. The lowest BCUT2D eigenvalue weighted by atomic mass is 10.1. The minimum Gasteiger partial charge on any atom is -0.495 e. The van der Waals surface area contributed by atoms with Gasteiger partial charge in [0, 0.05) is 12.6 Å². The molecule has 1 aromatic carbocycles. The summed E-state index contributed by atoms with van der Waals surface area (Å²) in [6, 6.07) is 8.90. The summed E-state index contributed by atoms with van der Waals surface area (Å²) < 4.78 is 5.18. The molecule has 19 heavy (non-hydrogen) atoms. The van der Waals surface area contributed by atoms with Crippen LogP contribution in [0.3, 0.4) is 0 Å². The lowest BCUT2D eigenvalue weighted by Crippen LogP contribution is -2.26. The predicted molar refractivity (Wildman–Crippen MR) is 76.0 cm³/mol. The highest BCUT2D eigenvalue weighted by molar-refractivity contribution is 5.45. The van der Waals surface area contributed by atoms with Crippen LogP contribution in [-0.2, 0) is 6.54 Å². The SMILES string of the molecule is CCCCN(Cc1ccc(OC)c(C#N)c1)C1CC1. The Balaban J connectivity index is 2.06. The fourth-order valence-corrected chi connectivity index (χ4v) is 2.37. The van der Waals surface area contributed by atoms with Gasteiger partial charge in [-0.2, -0.15) is 5.26 Å². The van der Waals surface area contributed by atoms with Gasteiger partial charge in [-0.05, 0) is 43.5 Å². The van der Waals surface area contributed by atoms with Gasteiger partial charge >= 0.3 is 0 Å². The molecular weight excluding hydrogens is 236 g/mol. The monoisotopic (exact) mass is 258 g/mol. The Morgan fingerprint density at radius 2 is 2.21 bits per heavy atom. The first-order valence-corrected chi connectivity index (χ1v) is 7.09. The van der Waals surface area contributed by atoms with Crippen molar-refractivity contribution in [3.8, 4) is 11.8 Å². The zero-order chi connectivity index (χ0) is 13.7. The Kier molecular flexibility index (Phi) is 4.81. The van der Waals surface area contributed by atoms with Crippen LogP contribution in [-0.4, -0.2) is 24.6 Å². The van der Waals surface area contributed by atoms with Crippen molar-refractivity contribution in [3.05, 3.63) is 29.3 Å².